The molecule has 0 aliphatic carbocycles. The molecule has 0 fully saturated rings. The van der Waals surface area contributed by atoms with Crippen LogP contribution in [0, 0.1) is 0 Å². The maximum atomic E-state index is 9.09. The van der Waals surface area contributed by atoms with E-state index < -0.39 is 0 Å². The summed E-state index contributed by atoms with van der Waals surface area (Å²) in [7, 11) is 0. The van der Waals surface area contributed by atoms with Crippen molar-refractivity contribution in [2.24, 2.45) is 0 Å². The van der Waals surface area contributed by atoms with E-state index in [1.165, 1.54) is 11.1 Å². The Morgan fingerprint density at radius 3 is 2.48 bits per heavy atom. The molecule has 0 aliphatic heterocycles. The Labute approximate surface area is 136 Å². The van der Waals surface area contributed by atoms with Crippen LogP contribution >= 0.6 is 0 Å². The largest absolute Gasteiger partial charge is 0.392 e. The van der Waals surface area contributed by atoms with Crippen molar-refractivity contribution in [3.8, 4) is 5.69 Å². The van der Waals surface area contributed by atoms with Gasteiger partial charge in [0.25, 0.3) is 0 Å². The average Bonchev–Trinajstić information content (AvgIpc) is 3.14. The van der Waals surface area contributed by atoms with Crippen molar-refractivity contribution in [1.82, 2.24) is 15.1 Å². The van der Waals surface area contributed by atoms with Crippen molar-refractivity contribution in [2.45, 2.75) is 26.1 Å². The van der Waals surface area contributed by atoms with Crippen LogP contribution in [0.15, 0.2) is 67.0 Å². The Bertz CT molecular complexity index is 736. The van der Waals surface area contributed by atoms with Crippen LogP contribution in [-0.2, 0) is 13.2 Å². The Morgan fingerprint density at radius 2 is 1.78 bits per heavy atom. The highest BCUT2D eigenvalue weighted by Crippen LogP contribution is 2.21. The van der Waals surface area contributed by atoms with Crippen molar-refractivity contribution in [3.63, 3.8) is 0 Å². The van der Waals surface area contributed by atoms with Gasteiger partial charge in [0.1, 0.15) is 0 Å². The van der Waals surface area contributed by atoms with E-state index in [0.29, 0.717) is 0 Å². The van der Waals surface area contributed by atoms with Crippen LogP contribution in [0.4, 0.5) is 0 Å². The van der Waals surface area contributed by atoms with E-state index in [9.17, 15) is 0 Å². The monoisotopic (exact) mass is 307 g/mol. The minimum absolute atomic E-state index is 0.0847. The second-order valence-electron chi connectivity index (χ2n) is 5.59. The van der Waals surface area contributed by atoms with Crippen LogP contribution in [0.1, 0.15) is 29.7 Å². The average molecular weight is 307 g/mol. The summed E-state index contributed by atoms with van der Waals surface area (Å²) >= 11 is 0. The maximum Gasteiger partial charge on any atom is 0.0693 e. The first-order valence-electron chi connectivity index (χ1n) is 7.79. The third-order valence-electron chi connectivity index (χ3n) is 3.97. The zero-order valence-electron chi connectivity index (χ0n) is 13.2. The minimum Gasteiger partial charge on any atom is -0.392 e. The smallest absolute Gasteiger partial charge is 0.0693 e. The SMILES string of the molecule is CC(NCc1ccc(CO)cc1)c1ccccc1-n1cccn1. The van der Waals surface area contributed by atoms with Crippen molar-refractivity contribution < 1.29 is 5.11 Å². The van der Waals surface area contributed by atoms with E-state index in [0.717, 1.165) is 17.8 Å². The third-order valence-corrected chi connectivity index (χ3v) is 3.97. The molecule has 1 aromatic heterocycles. The fourth-order valence-electron chi connectivity index (χ4n) is 2.62. The van der Waals surface area contributed by atoms with Gasteiger partial charge in [0.05, 0.1) is 12.3 Å². The predicted molar refractivity (Wildman–Crippen MR) is 91.2 cm³/mol. The minimum atomic E-state index is 0.0847. The number of nitrogens with zero attached hydrogens (tertiary/aromatic N) is 2. The van der Waals surface area contributed by atoms with Gasteiger partial charge in [0, 0.05) is 25.0 Å². The van der Waals surface area contributed by atoms with Crippen molar-refractivity contribution in [1.29, 1.82) is 0 Å². The van der Waals surface area contributed by atoms with E-state index in [2.05, 4.69) is 35.5 Å². The normalized spacial score (nSPS) is 12.3. The summed E-state index contributed by atoms with van der Waals surface area (Å²) < 4.78 is 1.89. The van der Waals surface area contributed by atoms with Gasteiger partial charge in [0.2, 0.25) is 0 Å². The van der Waals surface area contributed by atoms with E-state index in [4.69, 9.17) is 5.11 Å². The van der Waals surface area contributed by atoms with Crippen molar-refractivity contribution in [3.05, 3.63) is 83.7 Å². The van der Waals surface area contributed by atoms with Gasteiger partial charge in [-0.3, -0.25) is 0 Å². The first-order valence-corrected chi connectivity index (χ1v) is 7.79. The number of hydrogen-bond donors (Lipinski definition) is 2. The molecule has 2 aromatic carbocycles. The lowest BCUT2D eigenvalue weighted by atomic mass is 10.1. The summed E-state index contributed by atoms with van der Waals surface area (Å²) in [5.41, 5.74) is 4.44. The van der Waals surface area contributed by atoms with Gasteiger partial charge in [0.15, 0.2) is 0 Å². The van der Waals surface area contributed by atoms with Crippen LogP contribution in [0.5, 0.6) is 0 Å². The lowest BCUT2D eigenvalue weighted by molar-refractivity contribution is 0.282. The van der Waals surface area contributed by atoms with Crippen molar-refractivity contribution in [2.75, 3.05) is 0 Å². The molecule has 0 amide bonds. The second kappa shape index (κ2) is 7.22. The summed E-state index contributed by atoms with van der Waals surface area (Å²) in [6.45, 7) is 3.02. The van der Waals surface area contributed by atoms with Crippen LogP contribution in [0.25, 0.3) is 5.69 Å². The molecule has 0 saturated carbocycles. The molecule has 2 N–H and O–H groups in total. The highest BCUT2D eigenvalue weighted by Gasteiger charge is 2.11. The molecular formula is C19H21N3O. The molecule has 0 saturated heterocycles. The number of para-hydroxylation sites is 1. The Hall–Kier alpha value is -2.43. The van der Waals surface area contributed by atoms with Crippen LogP contribution in [0.2, 0.25) is 0 Å². The second-order valence-corrected chi connectivity index (χ2v) is 5.59. The number of aromatic nitrogens is 2. The molecule has 4 heteroatoms. The van der Waals surface area contributed by atoms with E-state index in [1.54, 1.807) is 6.20 Å². The van der Waals surface area contributed by atoms with E-state index in [1.807, 2.05) is 47.3 Å². The highest BCUT2D eigenvalue weighted by molar-refractivity contribution is 5.42. The number of benzene rings is 2. The summed E-state index contributed by atoms with van der Waals surface area (Å²) in [6.07, 6.45) is 3.75. The number of aliphatic hydroxyl groups excluding tert-OH is 1. The Balaban J connectivity index is 1.72. The van der Waals surface area contributed by atoms with Crippen LogP contribution < -0.4 is 5.32 Å². The third kappa shape index (κ3) is 3.67. The fraction of sp³-hybridized carbons (Fsp3) is 0.211. The molecule has 1 heterocycles. The molecular weight excluding hydrogens is 286 g/mol. The van der Waals surface area contributed by atoms with Gasteiger partial charge >= 0.3 is 0 Å². The number of aliphatic hydroxyl groups is 1. The van der Waals surface area contributed by atoms with Gasteiger partial charge in [-0.15, -0.1) is 0 Å². The number of hydrogen-bond acceptors (Lipinski definition) is 3. The number of nitrogens with one attached hydrogen (secondary N) is 1. The van der Waals surface area contributed by atoms with Gasteiger partial charge in [-0.1, -0.05) is 42.5 Å². The number of rotatable bonds is 6. The predicted octanol–water partition coefficient (Wildman–Crippen LogP) is 3.22. The molecule has 1 atom stereocenters. The summed E-state index contributed by atoms with van der Waals surface area (Å²) in [6, 6.07) is 18.4. The molecule has 118 valence electrons. The van der Waals surface area contributed by atoms with Gasteiger partial charge in [-0.05, 0) is 35.7 Å². The first-order chi connectivity index (χ1) is 11.3. The van der Waals surface area contributed by atoms with Crippen molar-refractivity contribution >= 4 is 0 Å². The zero-order chi connectivity index (χ0) is 16.1. The topological polar surface area (TPSA) is 50.1 Å². The molecule has 0 radical (unpaired) electrons. The maximum absolute atomic E-state index is 9.09. The summed E-state index contributed by atoms with van der Waals surface area (Å²) in [5.74, 6) is 0. The molecule has 3 rings (SSSR count). The molecule has 3 aromatic rings. The Kier molecular flexibility index (Phi) is 4.86. The zero-order valence-corrected chi connectivity index (χ0v) is 13.2. The molecule has 4 nitrogen and oxygen atoms in total. The Morgan fingerprint density at radius 1 is 1.04 bits per heavy atom. The molecule has 0 spiro atoms. The molecule has 1 unspecified atom stereocenters. The van der Waals surface area contributed by atoms with Crippen LogP contribution in [0.3, 0.4) is 0 Å². The fourth-order valence-corrected chi connectivity index (χ4v) is 2.62. The van der Waals surface area contributed by atoms with Gasteiger partial charge in [-0.25, -0.2) is 4.68 Å². The molecule has 0 aliphatic rings. The highest BCUT2D eigenvalue weighted by atomic mass is 16.3. The lowest BCUT2D eigenvalue weighted by Crippen LogP contribution is -2.19. The standard InChI is InChI=1S/C19H21N3O/c1-15(20-13-16-7-9-17(14-23)10-8-16)18-5-2-3-6-19(18)22-12-4-11-21-22/h2-12,15,20,23H,13-14H2,1H3. The summed E-state index contributed by atoms with van der Waals surface area (Å²) in [5, 5.41) is 17.0. The van der Waals surface area contributed by atoms with E-state index in [-0.39, 0.29) is 12.6 Å². The lowest BCUT2D eigenvalue weighted by Gasteiger charge is -2.18. The van der Waals surface area contributed by atoms with E-state index >= 15 is 0 Å². The van der Waals surface area contributed by atoms with Crippen LogP contribution in [-0.4, -0.2) is 14.9 Å². The van der Waals surface area contributed by atoms with Gasteiger partial charge in [-0.2, -0.15) is 5.10 Å². The quantitative estimate of drug-likeness (QED) is 0.735. The molecule has 0 bridgehead atoms. The summed E-state index contributed by atoms with van der Waals surface area (Å²) in [4.78, 5) is 0. The van der Waals surface area contributed by atoms with Gasteiger partial charge < -0.3 is 10.4 Å². The first kappa shape index (κ1) is 15.5. The molecule has 23 heavy (non-hydrogen) atoms.